The van der Waals surface area contributed by atoms with Crippen molar-refractivity contribution in [2.24, 2.45) is 11.7 Å². The van der Waals surface area contributed by atoms with E-state index in [0.717, 1.165) is 0 Å². The number of nitrogens with one attached hydrogen (secondary N) is 1. The van der Waals surface area contributed by atoms with E-state index in [4.69, 9.17) is 10.8 Å². The fourth-order valence-electron chi connectivity index (χ4n) is 1.59. The summed E-state index contributed by atoms with van der Waals surface area (Å²) < 4.78 is 0. The van der Waals surface area contributed by atoms with Crippen LogP contribution in [0.2, 0.25) is 0 Å². The van der Waals surface area contributed by atoms with Crippen LogP contribution in [0.4, 0.5) is 11.4 Å². The van der Waals surface area contributed by atoms with Gasteiger partial charge >= 0.3 is 5.97 Å². The molecule has 2 atom stereocenters. The lowest BCUT2D eigenvalue weighted by atomic mass is 9.96. The predicted molar refractivity (Wildman–Crippen MR) is 71.5 cm³/mol. The zero-order chi connectivity index (χ0) is 16.0. The summed E-state index contributed by atoms with van der Waals surface area (Å²) in [7, 11) is 0. The lowest BCUT2D eigenvalue weighted by molar-refractivity contribution is -0.384. The Morgan fingerprint density at radius 2 is 1.95 bits per heavy atom. The number of nitrogens with zero attached hydrogens (tertiary/aromatic N) is 1. The number of carboxylic acids is 1. The maximum absolute atomic E-state index is 11.9. The first kappa shape index (κ1) is 16.2. The van der Waals surface area contributed by atoms with E-state index < -0.39 is 28.8 Å². The molecule has 0 saturated carbocycles. The van der Waals surface area contributed by atoms with Crippen molar-refractivity contribution in [3.05, 3.63) is 34.4 Å². The Hall–Kier alpha value is -2.81. The Kier molecular flexibility index (Phi) is 5.49. The van der Waals surface area contributed by atoms with Gasteiger partial charge in [0.1, 0.15) is 12.3 Å². The predicted octanol–water partition coefficient (Wildman–Crippen LogP) is 0.150. The summed E-state index contributed by atoms with van der Waals surface area (Å²) in [5, 5.41) is 21.7. The second-order valence-electron chi connectivity index (χ2n) is 4.17. The van der Waals surface area contributed by atoms with Crippen molar-refractivity contribution in [3.8, 4) is 0 Å². The Bertz CT molecular complexity index is 557. The van der Waals surface area contributed by atoms with Crippen molar-refractivity contribution >= 4 is 29.5 Å². The van der Waals surface area contributed by atoms with Gasteiger partial charge in [0.05, 0.1) is 10.8 Å². The largest absolute Gasteiger partial charge is 0.480 e. The summed E-state index contributed by atoms with van der Waals surface area (Å²) in [5.74, 6) is -3.37. The molecule has 0 spiro atoms. The van der Waals surface area contributed by atoms with Crippen molar-refractivity contribution < 1.29 is 24.4 Å². The van der Waals surface area contributed by atoms with Crippen LogP contribution in [0.25, 0.3) is 0 Å². The first-order valence-electron chi connectivity index (χ1n) is 5.84. The van der Waals surface area contributed by atoms with Crippen LogP contribution in [0.1, 0.15) is 6.42 Å². The van der Waals surface area contributed by atoms with Gasteiger partial charge in [0.2, 0.25) is 5.91 Å². The summed E-state index contributed by atoms with van der Waals surface area (Å²) in [6, 6.07) is 3.43. The van der Waals surface area contributed by atoms with Crippen LogP contribution in [-0.2, 0) is 14.4 Å². The van der Waals surface area contributed by atoms with Crippen molar-refractivity contribution in [2.75, 3.05) is 5.32 Å². The molecule has 0 aliphatic carbocycles. The minimum absolute atomic E-state index is 0.153. The second kappa shape index (κ2) is 7.10. The van der Waals surface area contributed by atoms with Gasteiger partial charge in [0, 0.05) is 24.2 Å². The molecule has 1 rings (SSSR count). The number of aldehydes is 1. The average Bonchev–Trinajstić information content (AvgIpc) is 2.44. The SMILES string of the molecule is N[C@H](C(=O)O)[C@H](CC=O)C(=O)Nc1ccc([N+](=O)[O-])cc1. The number of hydrogen-bond acceptors (Lipinski definition) is 6. The van der Waals surface area contributed by atoms with E-state index in [1.54, 1.807) is 0 Å². The first-order valence-corrected chi connectivity index (χ1v) is 5.84. The van der Waals surface area contributed by atoms with Crippen LogP contribution < -0.4 is 11.1 Å². The van der Waals surface area contributed by atoms with Crippen molar-refractivity contribution in [2.45, 2.75) is 12.5 Å². The van der Waals surface area contributed by atoms with Crippen molar-refractivity contribution in [1.82, 2.24) is 0 Å². The molecular weight excluding hydrogens is 282 g/mol. The van der Waals surface area contributed by atoms with Crippen LogP contribution in [0.15, 0.2) is 24.3 Å². The minimum Gasteiger partial charge on any atom is -0.480 e. The molecule has 0 radical (unpaired) electrons. The molecule has 0 saturated heterocycles. The van der Waals surface area contributed by atoms with E-state index in [2.05, 4.69) is 5.32 Å². The number of amides is 1. The lowest BCUT2D eigenvalue weighted by Gasteiger charge is -2.17. The van der Waals surface area contributed by atoms with Gasteiger partial charge in [0.15, 0.2) is 0 Å². The molecule has 1 aromatic carbocycles. The number of nitrogens with two attached hydrogens (primary N) is 1. The number of anilines is 1. The molecule has 0 fully saturated rings. The molecule has 9 heteroatoms. The monoisotopic (exact) mass is 295 g/mol. The van der Waals surface area contributed by atoms with Gasteiger partial charge in [-0.1, -0.05) is 0 Å². The molecule has 112 valence electrons. The fourth-order valence-corrected chi connectivity index (χ4v) is 1.59. The van der Waals surface area contributed by atoms with Gasteiger partial charge in [-0.25, -0.2) is 0 Å². The number of benzene rings is 1. The highest BCUT2D eigenvalue weighted by Crippen LogP contribution is 2.17. The molecule has 4 N–H and O–H groups in total. The standard InChI is InChI=1S/C12H13N3O6/c13-10(12(18)19)9(5-6-16)11(17)14-7-1-3-8(4-2-7)15(20)21/h1-4,6,9-10H,5,13H2,(H,14,17)(H,18,19)/t9-,10-/m0/s1. The van der Waals surface area contributed by atoms with Gasteiger partial charge < -0.3 is 21.0 Å². The molecule has 0 aromatic heterocycles. The molecule has 21 heavy (non-hydrogen) atoms. The van der Waals surface area contributed by atoms with E-state index in [1.807, 2.05) is 0 Å². The van der Waals surface area contributed by atoms with Crippen LogP contribution in [0.5, 0.6) is 0 Å². The molecule has 0 unspecified atom stereocenters. The van der Waals surface area contributed by atoms with Crippen LogP contribution in [-0.4, -0.2) is 34.2 Å². The van der Waals surface area contributed by atoms with Crippen molar-refractivity contribution in [1.29, 1.82) is 0 Å². The minimum atomic E-state index is -1.52. The molecule has 9 nitrogen and oxygen atoms in total. The van der Waals surface area contributed by atoms with Crippen LogP contribution in [0, 0.1) is 16.0 Å². The van der Waals surface area contributed by atoms with Gasteiger partial charge in [-0.05, 0) is 12.1 Å². The van der Waals surface area contributed by atoms with Crippen LogP contribution >= 0.6 is 0 Å². The quantitative estimate of drug-likeness (QED) is 0.367. The third kappa shape index (κ3) is 4.35. The van der Waals surface area contributed by atoms with E-state index >= 15 is 0 Å². The van der Waals surface area contributed by atoms with Gasteiger partial charge in [-0.3, -0.25) is 19.7 Å². The topological polar surface area (TPSA) is 153 Å². The second-order valence-corrected chi connectivity index (χ2v) is 4.17. The highest BCUT2D eigenvalue weighted by Gasteiger charge is 2.30. The summed E-state index contributed by atoms with van der Waals surface area (Å²) in [6.45, 7) is 0. The summed E-state index contributed by atoms with van der Waals surface area (Å²) in [4.78, 5) is 43.1. The average molecular weight is 295 g/mol. The number of rotatable bonds is 7. The Balaban J connectivity index is 2.83. The highest BCUT2D eigenvalue weighted by atomic mass is 16.6. The number of nitro groups is 1. The maximum Gasteiger partial charge on any atom is 0.321 e. The van der Waals surface area contributed by atoms with E-state index in [1.165, 1.54) is 24.3 Å². The molecule has 1 amide bonds. The van der Waals surface area contributed by atoms with E-state index in [0.29, 0.717) is 6.29 Å². The Morgan fingerprint density at radius 3 is 2.38 bits per heavy atom. The smallest absolute Gasteiger partial charge is 0.321 e. The number of carboxylic acid groups (broad SMARTS) is 1. The Morgan fingerprint density at radius 1 is 1.38 bits per heavy atom. The lowest BCUT2D eigenvalue weighted by Crippen LogP contribution is -2.44. The number of aliphatic carboxylic acids is 1. The fraction of sp³-hybridized carbons (Fsp3) is 0.250. The van der Waals surface area contributed by atoms with Crippen molar-refractivity contribution in [3.63, 3.8) is 0 Å². The first-order chi connectivity index (χ1) is 9.86. The molecular formula is C12H13N3O6. The summed E-state index contributed by atoms with van der Waals surface area (Å²) in [5.41, 5.74) is 5.44. The number of carbonyl (C=O) groups excluding carboxylic acids is 2. The zero-order valence-electron chi connectivity index (χ0n) is 10.8. The maximum atomic E-state index is 11.9. The Labute approximate surface area is 118 Å². The molecule has 0 bridgehead atoms. The number of nitro benzene ring substituents is 1. The zero-order valence-corrected chi connectivity index (χ0v) is 10.8. The van der Waals surface area contributed by atoms with Gasteiger partial charge in [-0.2, -0.15) is 0 Å². The number of hydrogen-bond donors (Lipinski definition) is 3. The normalized spacial score (nSPS) is 13.0. The summed E-state index contributed by atoms with van der Waals surface area (Å²) >= 11 is 0. The molecule has 0 aliphatic rings. The molecule has 1 aromatic rings. The van der Waals surface area contributed by atoms with E-state index in [-0.39, 0.29) is 17.8 Å². The molecule has 0 heterocycles. The van der Waals surface area contributed by atoms with Gasteiger partial charge in [0.25, 0.3) is 5.69 Å². The van der Waals surface area contributed by atoms with Gasteiger partial charge in [-0.15, -0.1) is 0 Å². The van der Waals surface area contributed by atoms with Crippen LogP contribution in [0.3, 0.4) is 0 Å². The third-order valence-electron chi connectivity index (χ3n) is 2.75. The number of carbonyl (C=O) groups is 3. The molecule has 0 aliphatic heterocycles. The van der Waals surface area contributed by atoms with E-state index in [9.17, 15) is 24.5 Å². The highest BCUT2D eigenvalue weighted by molar-refractivity contribution is 5.97. The third-order valence-corrected chi connectivity index (χ3v) is 2.75. The number of non-ortho nitro benzene ring substituents is 1. The summed E-state index contributed by atoms with van der Waals surface area (Å²) in [6.07, 6.45) is 0.0646.